The van der Waals surface area contributed by atoms with E-state index >= 15 is 0 Å². The molecule has 5 nitrogen and oxygen atoms in total. The van der Waals surface area contributed by atoms with Gasteiger partial charge in [0.1, 0.15) is 5.82 Å². The number of carbonyl (C=O) groups is 1. The standard InChI is InChI=1S/C10H9BrCl2N2O3S/c11-8-2-7(12)3-14-10(8)15-4-6(1-9(15)16)5-19(13,17)18/h2-3,6H,1,4-5H2. The second kappa shape index (κ2) is 5.55. The molecule has 0 saturated carbocycles. The molecule has 1 atom stereocenters. The van der Waals surface area contributed by atoms with E-state index in [2.05, 4.69) is 20.9 Å². The van der Waals surface area contributed by atoms with Crippen LogP contribution < -0.4 is 4.90 Å². The maximum absolute atomic E-state index is 11.9. The van der Waals surface area contributed by atoms with Crippen molar-refractivity contribution in [2.24, 2.45) is 5.92 Å². The molecular weight excluding hydrogens is 379 g/mol. The molecule has 1 amide bonds. The molecule has 19 heavy (non-hydrogen) atoms. The lowest BCUT2D eigenvalue weighted by molar-refractivity contribution is -0.117. The molecule has 2 rings (SSSR count). The number of anilines is 1. The molecule has 0 spiro atoms. The number of halogens is 3. The third-order valence-electron chi connectivity index (χ3n) is 2.68. The molecular formula is C10H9BrCl2N2O3S. The number of amides is 1. The summed E-state index contributed by atoms with van der Waals surface area (Å²) in [5.41, 5.74) is 0. The van der Waals surface area contributed by atoms with Gasteiger partial charge in [0.05, 0.1) is 15.2 Å². The average molecular weight is 388 g/mol. The summed E-state index contributed by atoms with van der Waals surface area (Å²) in [7, 11) is 1.59. The quantitative estimate of drug-likeness (QED) is 0.747. The van der Waals surface area contributed by atoms with E-state index < -0.39 is 9.05 Å². The van der Waals surface area contributed by atoms with Crippen LogP contribution in [0.2, 0.25) is 5.02 Å². The monoisotopic (exact) mass is 386 g/mol. The van der Waals surface area contributed by atoms with Crippen LogP contribution in [0.25, 0.3) is 0 Å². The number of hydrogen-bond donors (Lipinski definition) is 0. The summed E-state index contributed by atoms with van der Waals surface area (Å²) in [6, 6.07) is 1.63. The van der Waals surface area contributed by atoms with Crippen molar-refractivity contribution in [1.29, 1.82) is 0 Å². The van der Waals surface area contributed by atoms with Crippen LogP contribution in [0.3, 0.4) is 0 Å². The van der Waals surface area contributed by atoms with Crippen LogP contribution in [0.4, 0.5) is 5.82 Å². The SMILES string of the molecule is O=C1CC(CS(=O)(=O)Cl)CN1c1ncc(Cl)cc1Br. The molecule has 1 aromatic heterocycles. The predicted octanol–water partition coefficient (Wildman–Crippen LogP) is 2.42. The molecule has 1 fully saturated rings. The van der Waals surface area contributed by atoms with Gasteiger partial charge in [-0.05, 0) is 22.0 Å². The molecule has 2 heterocycles. The van der Waals surface area contributed by atoms with E-state index in [1.54, 1.807) is 6.07 Å². The van der Waals surface area contributed by atoms with Crippen molar-refractivity contribution in [1.82, 2.24) is 4.98 Å². The number of carbonyl (C=O) groups excluding carboxylic acids is 1. The fraction of sp³-hybridized carbons (Fsp3) is 0.400. The maximum Gasteiger partial charge on any atom is 0.232 e. The van der Waals surface area contributed by atoms with Crippen molar-refractivity contribution in [2.75, 3.05) is 17.2 Å². The van der Waals surface area contributed by atoms with Gasteiger partial charge in [-0.15, -0.1) is 0 Å². The van der Waals surface area contributed by atoms with E-state index in [0.29, 0.717) is 15.3 Å². The van der Waals surface area contributed by atoms with E-state index in [1.165, 1.54) is 11.1 Å². The van der Waals surface area contributed by atoms with Gasteiger partial charge in [-0.1, -0.05) is 11.6 Å². The highest BCUT2D eigenvalue weighted by molar-refractivity contribution is 9.10. The molecule has 0 N–H and O–H groups in total. The summed E-state index contributed by atoms with van der Waals surface area (Å²) in [5.74, 6) is -0.286. The lowest BCUT2D eigenvalue weighted by Gasteiger charge is -2.16. The molecule has 1 unspecified atom stereocenters. The molecule has 1 aliphatic heterocycles. The first-order valence-corrected chi connectivity index (χ1v) is 8.95. The Labute approximate surface area is 128 Å². The smallest absolute Gasteiger partial charge is 0.232 e. The summed E-state index contributed by atoms with van der Waals surface area (Å²) >= 11 is 9.06. The summed E-state index contributed by atoms with van der Waals surface area (Å²) in [6.45, 7) is 0.276. The Morgan fingerprint density at radius 1 is 1.53 bits per heavy atom. The van der Waals surface area contributed by atoms with Crippen LogP contribution in [0.15, 0.2) is 16.7 Å². The normalized spacial score (nSPS) is 20.1. The summed E-state index contributed by atoms with van der Waals surface area (Å²) in [4.78, 5) is 17.4. The number of nitrogens with zero attached hydrogens (tertiary/aromatic N) is 2. The van der Waals surface area contributed by atoms with Crippen LogP contribution in [-0.4, -0.2) is 31.6 Å². The average Bonchev–Trinajstić information content (AvgIpc) is 2.56. The van der Waals surface area contributed by atoms with Crippen molar-refractivity contribution in [3.63, 3.8) is 0 Å². The first kappa shape index (κ1) is 15.0. The molecule has 0 bridgehead atoms. The Morgan fingerprint density at radius 2 is 2.21 bits per heavy atom. The van der Waals surface area contributed by atoms with E-state index in [0.717, 1.165) is 0 Å². The number of rotatable bonds is 3. The maximum atomic E-state index is 11.9. The van der Waals surface area contributed by atoms with Crippen LogP contribution in [0.1, 0.15) is 6.42 Å². The first-order chi connectivity index (χ1) is 8.76. The fourth-order valence-electron chi connectivity index (χ4n) is 1.99. The lowest BCUT2D eigenvalue weighted by Crippen LogP contribution is -2.26. The Morgan fingerprint density at radius 3 is 2.79 bits per heavy atom. The van der Waals surface area contributed by atoms with Crippen LogP contribution >= 0.6 is 38.2 Å². The Hall–Kier alpha value is -0.370. The van der Waals surface area contributed by atoms with E-state index in [-0.39, 0.29) is 30.5 Å². The van der Waals surface area contributed by atoms with Crippen molar-refractivity contribution in [2.45, 2.75) is 6.42 Å². The van der Waals surface area contributed by atoms with Crippen molar-refractivity contribution in [3.8, 4) is 0 Å². The van der Waals surface area contributed by atoms with Gasteiger partial charge in [-0.2, -0.15) is 0 Å². The van der Waals surface area contributed by atoms with Gasteiger partial charge in [0.2, 0.25) is 15.0 Å². The zero-order valence-corrected chi connectivity index (χ0v) is 13.4. The van der Waals surface area contributed by atoms with Crippen LogP contribution in [-0.2, 0) is 13.8 Å². The minimum absolute atomic E-state index is 0.142. The first-order valence-electron chi connectivity index (χ1n) is 5.30. The van der Waals surface area contributed by atoms with Crippen molar-refractivity contribution in [3.05, 3.63) is 21.8 Å². The molecule has 0 radical (unpaired) electrons. The van der Waals surface area contributed by atoms with Gasteiger partial charge >= 0.3 is 0 Å². The van der Waals surface area contributed by atoms with Gasteiger partial charge in [-0.25, -0.2) is 13.4 Å². The Balaban J connectivity index is 2.20. The second-order valence-electron chi connectivity index (χ2n) is 4.24. The summed E-state index contributed by atoms with van der Waals surface area (Å²) in [6.07, 6.45) is 1.57. The van der Waals surface area contributed by atoms with E-state index in [1.807, 2.05) is 0 Å². The Kier molecular flexibility index (Phi) is 4.39. The second-order valence-corrected chi connectivity index (χ2v) is 8.35. The molecule has 0 aromatic carbocycles. The minimum Gasteiger partial charge on any atom is -0.296 e. The topological polar surface area (TPSA) is 67.3 Å². The molecule has 1 saturated heterocycles. The Bertz CT molecular complexity index is 623. The molecule has 1 aromatic rings. The largest absolute Gasteiger partial charge is 0.296 e. The zero-order chi connectivity index (χ0) is 14.2. The highest BCUT2D eigenvalue weighted by Crippen LogP contribution is 2.31. The van der Waals surface area contributed by atoms with Gasteiger partial charge in [0.25, 0.3) is 0 Å². The summed E-state index contributed by atoms with van der Waals surface area (Å²) in [5, 5.41) is 0.446. The van der Waals surface area contributed by atoms with E-state index in [9.17, 15) is 13.2 Å². The zero-order valence-electron chi connectivity index (χ0n) is 9.51. The van der Waals surface area contributed by atoms with Gasteiger partial charge in [-0.3, -0.25) is 9.69 Å². The number of pyridine rings is 1. The highest BCUT2D eigenvalue weighted by atomic mass is 79.9. The minimum atomic E-state index is -3.61. The number of aromatic nitrogens is 1. The lowest BCUT2D eigenvalue weighted by atomic mass is 10.1. The van der Waals surface area contributed by atoms with Crippen molar-refractivity contribution < 1.29 is 13.2 Å². The van der Waals surface area contributed by atoms with Crippen LogP contribution in [0, 0.1) is 5.92 Å². The molecule has 9 heteroatoms. The van der Waals surface area contributed by atoms with Gasteiger partial charge < -0.3 is 0 Å². The summed E-state index contributed by atoms with van der Waals surface area (Å²) < 4.78 is 22.7. The van der Waals surface area contributed by atoms with Gasteiger partial charge in [0, 0.05) is 35.8 Å². The van der Waals surface area contributed by atoms with Gasteiger partial charge in [0.15, 0.2) is 0 Å². The van der Waals surface area contributed by atoms with Crippen molar-refractivity contribution >= 4 is 59.0 Å². The molecule has 0 aliphatic carbocycles. The highest BCUT2D eigenvalue weighted by Gasteiger charge is 2.34. The predicted molar refractivity (Wildman–Crippen MR) is 77.0 cm³/mol. The third kappa shape index (κ3) is 3.81. The number of hydrogen-bond acceptors (Lipinski definition) is 4. The van der Waals surface area contributed by atoms with E-state index in [4.69, 9.17) is 22.3 Å². The molecule has 104 valence electrons. The third-order valence-corrected chi connectivity index (χ3v) is 4.72. The fourth-order valence-corrected chi connectivity index (χ4v) is 4.16. The van der Waals surface area contributed by atoms with Crippen LogP contribution in [0.5, 0.6) is 0 Å². The molecule has 1 aliphatic rings.